The molecule has 0 radical (unpaired) electrons. The summed E-state index contributed by atoms with van der Waals surface area (Å²) in [5.74, 6) is -0.516. The number of sulfonamides is 1. The first kappa shape index (κ1) is 30.9. The van der Waals surface area contributed by atoms with Gasteiger partial charge in [-0.05, 0) is 68.5 Å². The molecule has 37 heavy (non-hydrogen) atoms. The maximum atomic E-state index is 13.5. The average Bonchev–Trinajstić information content (AvgIpc) is 2.80. The van der Waals surface area contributed by atoms with Crippen LogP contribution in [0.25, 0.3) is 0 Å². The average molecular weight is 571 g/mol. The Morgan fingerprint density at radius 1 is 1.03 bits per heavy atom. The summed E-state index contributed by atoms with van der Waals surface area (Å²) in [5.41, 5.74) is 3.03. The van der Waals surface area contributed by atoms with Gasteiger partial charge in [0.25, 0.3) is 0 Å². The molecule has 0 saturated carbocycles. The summed E-state index contributed by atoms with van der Waals surface area (Å²) in [6, 6.07) is 9.99. The molecule has 2 aromatic rings. The van der Waals surface area contributed by atoms with Gasteiger partial charge in [0.1, 0.15) is 6.04 Å². The number of aryl methyl sites for hydroxylation is 2. The smallest absolute Gasteiger partial charge is 0.242 e. The van der Waals surface area contributed by atoms with E-state index in [0.717, 1.165) is 23.8 Å². The lowest BCUT2D eigenvalue weighted by Crippen LogP contribution is -2.49. The van der Waals surface area contributed by atoms with E-state index in [9.17, 15) is 18.0 Å². The number of amides is 2. The van der Waals surface area contributed by atoms with Crippen LogP contribution in [-0.4, -0.2) is 50.5 Å². The van der Waals surface area contributed by atoms with Gasteiger partial charge in [-0.1, -0.05) is 49.2 Å². The lowest BCUT2D eigenvalue weighted by molar-refractivity contribution is -0.141. The summed E-state index contributed by atoms with van der Waals surface area (Å²) in [6.45, 7) is 8.32. The normalized spacial score (nSPS) is 12.2. The Morgan fingerprint density at radius 2 is 1.62 bits per heavy atom. The van der Waals surface area contributed by atoms with Gasteiger partial charge in [-0.2, -0.15) is 0 Å². The van der Waals surface area contributed by atoms with E-state index in [1.54, 1.807) is 18.2 Å². The highest BCUT2D eigenvalue weighted by Gasteiger charge is 2.29. The Labute approximate surface area is 231 Å². The van der Waals surface area contributed by atoms with Crippen molar-refractivity contribution in [2.24, 2.45) is 0 Å². The third kappa shape index (κ3) is 8.90. The van der Waals surface area contributed by atoms with Gasteiger partial charge >= 0.3 is 0 Å². The molecule has 0 aliphatic carbocycles. The van der Waals surface area contributed by atoms with Crippen molar-refractivity contribution in [3.63, 3.8) is 0 Å². The number of nitrogens with zero attached hydrogens (tertiary/aromatic N) is 2. The highest BCUT2D eigenvalue weighted by molar-refractivity contribution is 7.92. The molecule has 7 nitrogen and oxygen atoms in total. The van der Waals surface area contributed by atoms with Crippen molar-refractivity contribution < 1.29 is 18.0 Å². The molecule has 0 spiro atoms. The highest BCUT2D eigenvalue weighted by atomic mass is 35.5. The third-order valence-corrected chi connectivity index (χ3v) is 7.87. The van der Waals surface area contributed by atoms with Crippen molar-refractivity contribution >= 4 is 50.7 Å². The SMILES string of the molecule is CCCNC(=O)[C@H](CC)N(Cc1c(Cl)cccc1Cl)C(=O)CCCN(c1cc(C)cc(C)c1)S(C)(=O)=O. The fourth-order valence-electron chi connectivity index (χ4n) is 4.24. The molecule has 2 aromatic carbocycles. The van der Waals surface area contributed by atoms with Gasteiger partial charge in [-0.15, -0.1) is 0 Å². The summed E-state index contributed by atoms with van der Waals surface area (Å²) >= 11 is 12.8. The van der Waals surface area contributed by atoms with Crippen LogP contribution in [0.2, 0.25) is 10.0 Å². The van der Waals surface area contributed by atoms with Crippen LogP contribution in [0.4, 0.5) is 5.69 Å². The largest absolute Gasteiger partial charge is 0.354 e. The van der Waals surface area contributed by atoms with Crippen LogP contribution in [0.5, 0.6) is 0 Å². The molecule has 0 unspecified atom stereocenters. The molecular weight excluding hydrogens is 533 g/mol. The molecule has 2 amide bonds. The summed E-state index contributed by atoms with van der Waals surface area (Å²) in [4.78, 5) is 28.0. The van der Waals surface area contributed by atoms with E-state index in [0.29, 0.717) is 34.3 Å². The van der Waals surface area contributed by atoms with E-state index in [4.69, 9.17) is 23.2 Å². The van der Waals surface area contributed by atoms with E-state index in [1.807, 2.05) is 45.9 Å². The molecule has 0 aliphatic rings. The first-order valence-corrected chi connectivity index (χ1v) is 15.1. The monoisotopic (exact) mass is 569 g/mol. The summed E-state index contributed by atoms with van der Waals surface area (Å²) < 4.78 is 26.5. The van der Waals surface area contributed by atoms with Crippen LogP contribution in [0.3, 0.4) is 0 Å². The molecule has 0 aliphatic heterocycles. The number of anilines is 1. The zero-order valence-corrected chi connectivity index (χ0v) is 24.5. The minimum atomic E-state index is -3.56. The predicted octanol–water partition coefficient (Wildman–Crippen LogP) is 5.49. The van der Waals surface area contributed by atoms with E-state index in [-0.39, 0.29) is 37.7 Å². The van der Waals surface area contributed by atoms with E-state index >= 15 is 0 Å². The van der Waals surface area contributed by atoms with Crippen LogP contribution in [0.1, 0.15) is 56.2 Å². The third-order valence-electron chi connectivity index (χ3n) is 5.97. The van der Waals surface area contributed by atoms with Crippen molar-refractivity contribution in [1.29, 1.82) is 0 Å². The number of rotatable bonds is 13. The van der Waals surface area contributed by atoms with Gasteiger partial charge in [0.05, 0.1) is 11.9 Å². The number of halogens is 2. The number of nitrogens with one attached hydrogen (secondary N) is 1. The Kier molecular flexibility index (Phi) is 11.7. The van der Waals surface area contributed by atoms with Crippen LogP contribution < -0.4 is 9.62 Å². The van der Waals surface area contributed by atoms with Crippen LogP contribution in [0.15, 0.2) is 36.4 Å². The molecule has 2 rings (SSSR count). The first-order valence-electron chi connectivity index (χ1n) is 12.4. The Hall–Kier alpha value is -2.29. The van der Waals surface area contributed by atoms with Gasteiger partial charge in [0.15, 0.2) is 0 Å². The number of benzene rings is 2. The maximum Gasteiger partial charge on any atom is 0.242 e. The maximum absolute atomic E-state index is 13.5. The zero-order valence-electron chi connectivity index (χ0n) is 22.2. The first-order chi connectivity index (χ1) is 17.4. The second-order valence-electron chi connectivity index (χ2n) is 9.22. The zero-order chi connectivity index (χ0) is 27.8. The molecule has 204 valence electrons. The number of hydrogen-bond acceptors (Lipinski definition) is 4. The molecule has 0 fully saturated rings. The van der Waals surface area contributed by atoms with Crippen molar-refractivity contribution in [3.8, 4) is 0 Å². The number of carbonyl (C=O) groups is 2. The summed E-state index contributed by atoms with van der Waals surface area (Å²) in [7, 11) is -3.56. The van der Waals surface area contributed by atoms with Gasteiger partial charge in [0.2, 0.25) is 21.8 Å². The van der Waals surface area contributed by atoms with Crippen molar-refractivity contribution in [3.05, 3.63) is 63.1 Å². The lowest BCUT2D eigenvalue weighted by atomic mass is 10.1. The topological polar surface area (TPSA) is 86.8 Å². The standard InChI is InChI=1S/C27H37Cl2N3O4S/c1-6-13-30-27(34)25(7-2)31(18-22-23(28)10-8-11-24(22)29)26(33)12-9-14-32(37(5,35)36)21-16-19(3)15-20(4)17-21/h8,10-11,15-17,25H,6-7,9,12-14,18H2,1-5H3,(H,30,34)/t25-/m0/s1. The van der Waals surface area contributed by atoms with Crippen molar-refractivity contribution in [1.82, 2.24) is 10.2 Å². The molecule has 0 aromatic heterocycles. The number of hydrogen-bond donors (Lipinski definition) is 1. The van der Waals surface area contributed by atoms with E-state index in [2.05, 4.69) is 5.32 Å². The van der Waals surface area contributed by atoms with Crippen molar-refractivity contribution in [2.75, 3.05) is 23.7 Å². The highest BCUT2D eigenvalue weighted by Crippen LogP contribution is 2.28. The molecular formula is C27H37Cl2N3O4S. The second kappa shape index (κ2) is 14.0. The molecule has 0 bridgehead atoms. The van der Waals surface area contributed by atoms with Crippen LogP contribution in [-0.2, 0) is 26.2 Å². The van der Waals surface area contributed by atoms with E-state index < -0.39 is 16.1 Å². The summed E-state index contributed by atoms with van der Waals surface area (Å²) in [5, 5.41) is 3.69. The van der Waals surface area contributed by atoms with E-state index in [1.165, 1.54) is 9.21 Å². The second-order valence-corrected chi connectivity index (χ2v) is 11.9. The van der Waals surface area contributed by atoms with Crippen LogP contribution in [0, 0.1) is 13.8 Å². The molecule has 10 heteroatoms. The van der Waals surface area contributed by atoms with Gasteiger partial charge < -0.3 is 10.2 Å². The Balaban J connectivity index is 2.28. The predicted molar refractivity (Wildman–Crippen MR) is 152 cm³/mol. The molecule has 1 atom stereocenters. The Bertz CT molecular complexity index is 1160. The Morgan fingerprint density at radius 3 is 2.14 bits per heavy atom. The fourth-order valence-corrected chi connectivity index (χ4v) is 5.70. The fraction of sp³-hybridized carbons (Fsp3) is 0.481. The number of carbonyl (C=O) groups excluding carboxylic acids is 2. The minimum Gasteiger partial charge on any atom is -0.354 e. The quantitative estimate of drug-likeness (QED) is 0.345. The van der Waals surface area contributed by atoms with Crippen LogP contribution >= 0.6 is 23.2 Å². The van der Waals surface area contributed by atoms with Gasteiger partial charge in [0, 0.05) is 41.7 Å². The summed E-state index contributed by atoms with van der Waals surface area (Å²) in [6.07, 6.45) is 2.66. The van der Waals surface area contributed by atoms with Gasteiger partial charge in [-0.3, -0.25) is 13.9 Å². The molecule has 1 N–H and O–H groups in total. The molecule has 0 saturated heterocycles. The molecule has 0 heterocycles. The lowest BCUT2D eigenvalue weighted by Gasteiger charge is -2.31. The van der Waals surface area contributed by atoms with Gasteiger partial charge in [-0.25, -0.2) is 8.42 Å². The minimum absolute atomic E-state index is 0.0520. The van der Waals surface area contributed by atoms with Crippen molar-refractivity contribution in [2.45, 2.75) is 66.0 Å².